The number of pyridine rings is 1. The van der Waals surface area contributed by atoms with E-state index in [0.29, 0.717) is 6.54 Å². The van der Waals surface area contributed by atoms with Crippen LogP contribution in [0.1, 0.15) is 30.3 Å². The third kappa shape index (κ3) is 2.67. The van der Waals surface area contributed by atoms with E-state index in [4.69, 9.17) is 10.7 Å². The number of benzene rings is 1. The SMILES string of the molecule is CCCn1c(Cc2ccccc2CN)nc2cccnc21. The Morgan fingerprint density at radius 1 is 1.10 bits per heavy atom. The summed E-state index contributed by atoms with van der Waals surface area (Å²) in [5.74, 6) is 1.06. The quantitative estimate of drug-likeness (QED) is 0.782. The van der Waals surface area contributed by atoms with Crippen molar-refractivity contribution in [2.24, 2.45) is 5.73 Å². The lowest BCUT2D eigenvalue weighted by Crippen LogP contribution is -2.07. The summed E-state index contributed by atoms with van der Waals surface area (Å²) in [5, 5.41) is 0. The monoisotopic (exact) mass is 280 g/mol. The van der Waals surface area contributed by atoms with E-state index in [1.807, 2.05) is 24.4 Å². The molecule has 3 rings (SSSR count). The van der Waals surface area contributed by atoms with Gasteiger partial charge in [-0.25, -0.2) is 9.97 Å². The molecule has 2 N–H and O–H groups in total. The molecule has 0 atom stereocenters. The minimum atomic E-state index is 0.558. The highest BCUT2D eigenvalue weighted by Crippen LogP contribution is 2.19. The normalized spacial score (nSPS) is 11.1. The zero-order valence-corrected chi connectivity index (χ0v) is 12.3. The van der Waals surface area contributed by atoms with Gasteiger partial charge in [0.25, 0.3) is 0 Å². The maximum absolute atomic E-state index is 5.84. The smallest absolute Gasteiger partial charge is 0.159 e. The first kappa shape index (κ1) is 13.8. The summed E-state index contributed by atoms with van der Waals surface area (Å²) in [6.07, 6.45) is 3.69. The van der Waals surface area contributed by atoms with Gasteiger partial charge in [-0.15, -0.1) is 0 Å². The molecule has 0 amide bonds. The molecular formula is C17H20N4. The number of aromatic nitrogens is 3. The summed E-state index contributed by atoms with van der Waals surface area (Å²) in [6.45, 7) is 3.67. The fourth-order valence-corrected chi connectivity index (χ4v) is 2.70. The zero-order valence-electron chi connectivity index (χ0n) is 12.3. The molecule has 4 heteroatoms. The zero-order chi connectivity index (χ0) is 14.7. The molecule has 0 spiro atoms. The van der Waals surface area contributed by atoms with Crippen LogP contribution in [-0.4, -0.2) is 14.5 Å². The molecule has 108 valence electrons. The number of imidazole rings is 1. The van der Waals surface area contributed by atoms with Crippen molar-refractivity contribution in [1.29, 1.82) is 0 Å². The molecule has 0 radical (unpaired) electrons. The van der Waals surface area contributed by atoms with Crippen molar-refractivity contribution in [3.8, 4) is 0 Å². The first-order valence-corrected chi connectivity index (χ1v) is 7.40. The highest BCUT2D eigenvalue weighted by atomic mass is 15.1. The number of nitrogens with zero attached hydrogens (tertiary/aromatic N) is 3. The van der Waals surface area contributed by atoms with E-state index in [9.17, 15) is 0 Å². The number of nitrogens with two attached hydrogens (primary N) is 1. The topological polar surface area (TPSA) is 56.7 Å². The molecular weight excluding hydrogens is 260 g/mol. The van der Waals surface area contributed by atoms with Crippen molar-refractivity contribution in [3.63, 3.8) is 0 Å². The van der Waals surface area contributed by atoms with Crippen molar-refractivity contribution in [3.05, 3.63) is 59.5 Å². The van der Waals surface area contributed by atoms with E-state index >= 15 is 0 Å². The van der Waals surface area contributed by atoms with Crippen molar-refractivity contribution in [1.82, 2.24) is 14.5 Å². The molecule has 0 fully saturated rings. The molecule has 4 nitrogen and oxygen atoms in total. The van der Waals surface area contributed by atoms with Gasteiger partial charge in [0.15, 0.2) is 5.65 Å². The van der Waals surface area contributed by atoms with Crippen LogP contribution in [0.3, 0.4) is 0 Å². The maximum Gasteiger partial charge on any atom is 0.159 e. The van der Waals surface area contributed by atoms with Crippen LogP contribution in [-0.2, 0) is 19.5 Å². The fraction of sp³-hybridized carbons (Fsp3) is 0.294. The van der Waals surface area contributed by atoms with Gasteiger partial charge >= 0.3 is 0 Å². The lowest BCUT2D eigenvalue weighted by molar-refractivity contribution is 0.658. The molecule has 0 saturated heterocycles. The van der Waals surface area contributed by atoms with Crippen LogP contribution in [0.5, 0.6) is 0 Å². The second-order valence-corrected chi connectivity index (χ2v) is 5.18. The molecule has 3 aromatic rings. The van der Waals surface area contributed by atoms with E-state index < -0.39 is 0 Å². The molecule has 0 saturated carbocycles. The van der Waals surface area contributed by atoms with Gasteiger partial charge in [-0.1, -0.05) is 31.2 Å². The first-order chi connectivity index (χ1) is 10.3. The Balaban J connectivity index is 2.05. The Labute approximate surface area is 124 Å². The van der Waals surface area contributed by atoms with Gasteiger partial charge in [0, 0.05) is 25.7 Å². The average molecular weight is 280 g/mol. The largest absolute Gasteiger partial charge is 0.326 e. The van der Waals surface area contributed by atoms with E-state index in [2.05, 4.69) is 34.7 Å². The van der Waals surface area contributed by atoms with Gasteiger partial charge in [-0.05, 0) is 29.7 Å². The Morgan fingerprint density at radius 3 is 2.67 bits per heavy atom. The minimum absolute atomic E-state index is 0.558. The van der Waals surface area contributed by atoms with Gasteiger partial charge in [0.2, 0.25) is 0 Å². The van der Waals surface area contributed by atoms with Crippen LogP contribution in [0, 0.1) is 0 Å². The lowest BCUT2D eigenvalue weighted by atomic mass is 10.0. The van der Waals surface area contributed by atoms with E-state index in [-0.39, 0.29) is 0 Å². The summed E-state index contributed by atoms with van der Waals surface area (Å²) in [5.41, 5.74) is 10.2. The second-order valence-electron chi connectivity index (χ2n) is 5.18. The Kier molecular flexibility index (Phi) is 3.97. The van der Waals surface area contributed by atoms with Crippen LogP contribution >= 0.6 is 0 Å². The number of hydrogen-bond acceptors (Lipinski definition) is 3. The van der Waals surface area contributed by atoms with E-state index in [0.717, 1.165) is 36.4 Å². The summed E-state index contributed by atoms with van der Waals surface area (Å²) < 4.78 is 2.22. The molecule has 21 heavy (non-hydrogen) atoms. The third-order valence-electron chi connectivity index (χ3n) is 3.72. The first-order valence-electron chi connectivity index (χ1n) is 7.40. The molecule has 2 heterocycles. The predicted molar refractivity (Wildman–Crippen MR) is 85.0 cm³/mol. The van der Waals surface area contributed by atoms with Crippen molar-refractivity contribution in [2.45, 2.75) is 32.9 Å². The van der Waals surface area contributed by atoms with Crippen LogP contribution in [0.25, 0.3) is 11.2 Å². The Morgan fingerprint density at radius 2 is 1.90 bits per heavy atom. The van der Waals surface area contributed by atoms with Crippen LogP contribution in [0.15, 0.2) is 42.6 Å². The average Bonchev–Trinajstić information content (AvgIpc) is 2.86. The third-order valence-corrected chi connectivity index (χ3v) is 3.72. The van der Waals surface area contributed by atoms with Crippen LogP contribution in [0.2, 0.25) is 0 Å². The minimum Gasteiger partial charge on any atom is -0.326 e. The second kappa shape index (κ2) is 6.06. The predicted octanol–water partition coefficient (Wildman–Crippen LogP) is 2.89. The van der Waals surface area contributed by atoms with Crippen molar-refractivity contribution < 1.29 is 0 Å². The number of hydrogen-bond donors (Lipinski definition) is 1. The summed E-state index contributed by atoms with van der Waals surface area (Å²) in [7, 11) is 0. The molecule has 2 aromatic heterocycles. The van der Waals surface area contributed by atoms with Crippen molar-refractivity contribution in [2.75, 3.05) is 0 Å². The lowest BCUT2D eigenvalue weighted by Gasteiger charge is -2.10. The van der Waals surface area contributed by atoms with Crippen molar-refractivity contribution >= 4 is 11.2 Å². The maximum atomic E-state index is 5.84. The number of fused-ring (bicyclic) bond motifs is 1. The fourth-order valence-electron chi connectivity index (χ4n) is 2.70. The van der Waals surface area contributed by atoms with Gasteiger partial charge in [-0.3, -0.25) is 0 Å². The molecule has 0 unspecified atom stereocenters. The highest BCUT2D eigenvalue weighted by molar-refractivity contribution is 5.71. The molecule has 0 aliphatic rings. The highest BCUT2D eigenvalue weighted by Gasteiger charge is 2.12. The molecule has 0 aliphatic heterocycles. The van der Waals surface area contributed by atoms with E-state index in [1.54, 1.807) is 0 Å². The van der Waals surface area contributed by atoms with Crippen LogP contribution < -0.4 is 5.73 Å². The molecule has 0 bridgehead atoms. The van der Waals surface area contributed by atoms with Gasteiger partial charge in [-0.2, -0.15) is 0 Å². The van der Waals surface area contributed by atoms with Gasteiger partial charge < -0.3 is 10.3 Å². The number of aryl methyl sites for hydroxylation is 1. The Bertz CT molecular complexity index is 745. The molecule has 1 aromatic carbocycles. The summed E-state index contributed by atoms with van der Waals surface area (Å²) in [6, 6.07) is 12.3. The van der Waals surface area contributed by atoms with Gasteiger partial charge in [0.05, 0.1) is 0 Å². The van der Waals surface area contributed by atoms with Gasteiger partial charge in [0.1, 0.15) is 11.3 Å². The van der Waals surface area contributed by atoms with E-state index in [1.165, 1.54) is 11.1 Å². The Hall–Kier alpha value is -2.20. The summed E-state index contributed by atoms with van der Waals surface area (Å²) >= 11 is 0. The number of rotatable bonds is 5. The molecule has 0 aliphatic carbocycles. The van der Waals surface area contributed by atoms with Crippen LogP contribution in [0.4, 0.5) is 0 Å². The summed E-state index contributed by atoms with van der Waals surface area (Å²) in [4.78, 5) is 9.24. The standard InChI is InChI=1S/C17H20N4/c1-2-10-21-16(20-15-8-5-9-19-17(15)21)11-13-6-3-4-7-14(13)12-18/h3-9H,2,10-12,18H2,1H3.